The van der Waals surface area contributed by atoms with Crippen molar-refractivity contribution in [2.45, 2.75) is 38.4 Å². The number of fused-ring (bicyclic) bond motifs is 1. The van der Waals surface area contributed by atoms with E-state index in [-0.39, 0.29) is 12.0 Å². The molecule has 0 spiro atoms. The van der Waals surface area contributed by atoms with Crippen molar-refractivity contribution < 1.29 is 9.18 Å². The van der Waals surface area contributed by atoms with Gasteiger partial charge in [0.2, 0.25) is 5.91 Å². The molecular weight excluding hydrogens is 351 g/mol. The molecule has 1 fully saturated rings. The van der Waals surface area contributed by atoms with Gasteiger partial charge in [0.15, 0.2) is 0 Å². The van der Waals surface area contributed by atoms with E-state index in [2.05, 4.69) is 26.3 Å². The summed E-state index contributed by atoms with van der Waals surface area (Å²) in [4.78, 5) is 16.2. The van der Waals surface area contributed by atoms with Gasteiger partial charge >= 0.3 is 0 Å². The average Bonchev–Trinajstić information content (AvgIpc) is 3.07. The van der Waals surface area contributed by atoms with Gasteiger partial charge in [0.1, 0.15) is 5.67 Å². The van der Waals surface area contributed by atoms with Crippen molar-refractivity contribution in [2.75, 3.05) is 5.43 Å². The molecule has 2 unspecified atom stereocenters. The highest BCUT2D eigenvalue weighted by molar-refractivity contribution is 9.10. The summed E-state index contributed by atoms with van der Waals surface area (Å²) in [5.41, 5.74) is 9.16. The third kappa shape index (κ3) is 2.58. The zero-order valence-corrected chi connectivity index (χ0v) is 14.0. The van der Waals surface area contributed by atoms with E-state index >= 15 is 0 Å². The highest BCUT2D eigenvalue weighted by atomic mass is 79.9. The van der Waals surface area contributed by atoms with Crippen LogP contribution in [0.4, 0.5) is 4.39 Å². The predicted molar refractivity (Wildman–Crippen MR) is 87.8 cm³/mol. The molecule has 2 aliphatic rings. The van der Waals surface area contributed by atoms with Crippen molar-refractivity contribution in [1.82, 2.24) is 4.68 Å². The summed E-state index contributed by atoms with van der Waals surface area (Å²) < 4.78 is 16.7. The van der Waals surface area contributed by atoms with E-state index in [0.717, 1.165) is 10.2 Å². The van der Waals surface area contributed by atoms with Crippen LogP contribution in [-0.4, -0.2) is 28.5 Å². The second-order valence-corrected chi connectivity index (χ2v) is 6.91. The fourth-order valence-corrected chi connectivity index (χ4v) is 3.12. The van der Waals surface area contributed by atoms with Crippen molar-refractivity contribution >= 4 is 33.7 Å². The van der Waals surface area contributed by atoms with E-state index in [1.165, 1.54) is 0 Å². The lowest BCUT2D eigenvalue weighted by atomic mass is 10.0. The monoisotopic (exact) mass is 368 g/mol. The number of alkyl halides is 1. The van der Waals surface area contributed by atoms with Gasteiger partial charge in [-0.25, -0.2) is 4.39 Å². The number of nitrogens with zero attached hydrogens (tertiary/aromatic N) is 2. The van der Waals surface area contributed by atoms with E-state index in [4.69, 9.17) is 5.73 Å². The molecule has 1 aromatic heterocycles. The minimum Gasteiger partial charge on any atom is -0.366 e. The second-order valence-electron chi connectivity index (χ2n) is 5.99. The largest absolute Gasteiger partial charge is 0.366 e. The van der Waals surface area contributed by atoms with Crippen LogP contribution in [0.15, 0.2) is 27.3 Å². The lowest BCUT2D eigenvalue weighted by molar-refractivity contribution is -0.114. The third-order valence-electron chi connectivity index (χ3n) is 4.29. The number of primary amides is 1. The van der Waals surface area contributed by atoms with E-state index < -0.39 is 11.6 Å². The number of carbonyl (C=O) groups excluding carboxylic acids is 1. The van der Waals surface area contributed by atoms with Crippen LogP contribution in [0.25, 0.3) is 5.70 Å². The van der Waals surface area contributed by atoms with Crippen LogP contribution in [0.5, 0.6) is 0 Å². The van der Waals surface area contributed by atoms with Crippen LogP contribution in [0, 0.1) is 5.92 Å². The average molecular weight is 369 g/mol. The van der Waals surface area contributed by atoms with Crippen LogP contribution in [-0.2, 0) is 4.79 Å². The number of rotatable bonds is 4. The zero-order chi connectivity index (χ0) is 16.1. The van der Waals surface area contributed by atoms with Gasteiger partial charge in [-0.1, -0.05) is 6.92 Å². The smallest absolute Gasteiger partial charge is 0.249 e. The Kier molecular flexibility index (Phi) is 3.63. The molecule has 2 heterocycles. The summed E-state index contributed by atoms with van der Waals surface area (Å²) in [6, 6.07) is 1.58. The van der Waals surface area contributed by atoms with Crippen molar-refractivity contribution in [3.63, 3.8) is 0 Å². The minimum atomic E-state index is -1.14. The lowest BCUT2D eigenvalue weighted by Crippen LogP contribution is -2.37. The van der Waals surface area contributed by atoms with E-state index in [1.54, 1.807) is 17.8 Å². The van der Waals surface area contributed by atoms with E-state index in [0.29, 0.717) is 24.1 Å². The number of nitrogens with one attached hydrogen (secondary N) is 1. The van der Waals surface area contributed by atoms with Crippen molar-refractivity contribution in [2.24, 2.45) is 16.6 Å². The van der Waals surface area contributed by atoms with Gasteiger partial charge in [-0.05, 0) is 41.8 Å². The summed E-state index contributed by atoms with van der Waals surface area (Å²) in [7, 11) is 0. The first kappa shape index (κ1) is 15.3. The Morgan fingerprint density at radius 3 is 2.95 bits per heavy atom. The molecule has 3 rings (SSSR count). The maximum Gasteiger partial charge on any atom is 0.249 e. The number of halogens is 2. The van der Waals surface area contributed by atoms with Crippen LogP contribution in [0.3, 0.4) is 0 Å². The molecule has 3 N–H and O–H groups in total. The molecule has 0 radical (unpaired) electrons. The van der Waals surface area contributed by atoms with Crippen LogP contribution in [0.2, 0.25) is 0 Å². The molecule has 0 saturated heterocycles. The third-order valence-corrected chi connectivity index (χ3v) is 4.72. The van der Waals surface area contributed by atoms with Crippen molar-refractivity contribution in [3.8, 4) is 0 Å². The molecule has 22 heavy (non-hydrogen) atoms. The molecule has 7 heteroatoms. The number of nitrogens with two attached hydrogens (primary N) is 1. The van der Waals surface area contributed by atoms with E-state index in [1.807, 2.05) is 19.2 Å². The van der Waals surface area contributed by atoms with Crippen molar-refractivity contribution in [3.05, 3.63) is 28.0 Å². The number of amides is 1. The molecule has 1 aromatic rings. The van der Waals surface area contributed by atoms with Crippen LogP contribution >= 0.6 is 15.9 Å². The number of carbonyl (C=O) groups is 1. The molecule has 1 saturated carbocycles. The van der Waals surface area contributed by atoms with Gasteiger partial charge in [0.25, 0.3) is 0 Å². The van der Waals surface area contributed by atoms with E-state index in [9.17, 15) is 9.18 Å². The highest BCUT2D eigenvalue weighted by Gasteiger charge is 2.47. The number of aromatic nitrogens is 1. The quantitative estimate of drug-likeness (QED) is 0.801. The summed E-state index contributed by atoms with van der Waals surface area (Å²) in [5.74, 6) is -0.809. The zero-order valence-electron chi connectivity index (χ0n) is 12.4. The normalized spacial score (nSPS) is 24.1. The molecule has 1 aliphatic carbocycles. The Hall–Kier alpha value is -1.63. The van der Waals surface area contributed by atoms with Gasteiger partial charge in [-0.2, -0.15) is 0 Å². The molecule has 5 nitrogen and oxygen atoms in total. The molecule has 1 amide bonds. The molecule has 2 atom stereocenters. The Bertz CT molecular complexity index is 690. The standard InChI is InChI=1S/C15H18BrFN4O/c1-8(15(17)3-4-15)6-19-13-11-5-10(16)7-21(11)20-9(2)12(13)14(18)22/h5-9,20H,3-4H2,1-2H3,(H2,18,22). The Labute approximate surface area is 136 Å². The van der Waals surface area contributed by atoms with Gasteiger partial charge in [-0.3, -0.25) is 14.5 Å². The maximum absolute atomic E-state index is 14.1. The minimum absolute atomic E-state index is 0.271. The Balaban J connectivity index is 2.03. The first-order valence-electron chi connectivity index (χ1n) is 7.24. The van der Waals surface area contributed by atoms with Gasteiger partial charge in [-0.15, -0.1) is 0 Å². The Morgan fingerprint density at radius 2 is 2.36 bits per heavy atom. The van der Waals surface area contributed by atoms with Gasteiger partial charge in [0, 0.05) is 22.8 Å². The maximum atomic E-state index is 14.1. The summed E-state index contributed by atoms with van der Waals surface area (Å²) >= 11 is 3.41. The van der Waals surface area contributed by atoms with Crippen LogP contribution in [0.1, 0.15) is 32.4 Å². The number of hydrogen-bond donors (Lipinski definition) is 2. The second kappa shape index (κ2) is 5.22. The Morgan fingerprint density at radius 1 is 1.68 bits per heavy atom. The molecule has 0 bridgehead atoms. The van der Waals surface area contributed by atoms with Gasteiger partial charge < -0.3 is 11.2 Å². The van der Waals surface area contributed by atoms with Crippen LogP contribution < -0.4 is 11.2 Å². The molecular formula is C15H18BrFN4O. The first-order chi connectivity index (χ1) is 10.3. The summed E-state index contributed by atoms with van der Waals surface area (Å²) in [5, 5.41) is 0. The summed E-state index contributed by atoms with van der Waals surface area (Å²) in [6.07, 6.45) is 4.58. The first-order valence-corrected chi connectivity index (χ1v) is 8.03. The lowest BCUT2D eigenvalue weighted by Gasteiger charge is -2.26. The fourth-order valence-electron chi connectivity index (χ4n) is 2.70. The molecule has 118 valence electrons. The fraction of sp³-hybridized carbons (Fsp3) is 0.467. The molecule has 1 aliphatic heterocycles. The SMILES string of the molecule is CC1Nn2cc(Br)cc2C(N=CC(C)C2(F)CC2)=C1C(N)=O. The topological polar surface area (TPSA) is 72.4 Å². The summed E-state index contributed by atoms with van der Waals surface area (Å²) in [6.45, 7) is 3.65. The van der Waals surface area contributed by atoms with Crippen molar-refractivity contribution in [1.29, 1.82) is 0 Å². The molecule has 0 aromatic carbocycles. The number of aliphatic imine (C=N–C) groups is 1. The predicted octanol–water partition coefficient (Wildman–Crippen LogP) is 2.60. The van der Waals surface area contributed by atoms with Gasteiger partial charge in [0.05, 0.1) is 23.0 Å². The number of hydrogen-bond acceptors (Lipinski definition) is 3. The highest BCUT2D eigenvalue weighted by Crippen LogP contribution is 2.45.